The summed E-state index contributed by atoms with van der Waals surface area (Å²) >= 11 is 0. The maximum absolute atomic E-state index is 11.7. The first-order valence-corrected chi connectivity index (χ1v) is 6.29. The van der Waals surface area contributed by atoms with Crippen LogP contribution in [0.15, 0.2) is 18.2 Å². The number of amides is 2. The lowest BCUT2D eigenvalue weighted by atomic mass is 10.1. The molecule has 0 fully saturated rings. The van der Waals surface area contributed by atoms with Crippen molar-refractivity contribution in [3.8, 4) is 0 Å². The van der Waals surface area contributed by atoms with Gasteiger partial charge in [-0.15, -0.1) is 0 Å². The van der Waals surface area contributed by atoms with Gasteiger partial charge < -0.3 is 15.7 Å². The molecule has 2 amide bonds. The van der Waals surface area contributed by atoms with Gasteiger partial charge in [-0.2, -0.15) is 0 Å². The molecule has 0 aliphatic rings. The van der Waals surface area contributed by atoms with E-state index in [-0.39, 0.29) is 5.91 Å². The fourth-order valence-corrected chi connectivity index (χ4v) is 1.44. The van der Waals surface area contributed by atoms with Crippen molar-refractivity contribution in [1.29, 1.82) is 0 Å². The fourth-order valence-electron chi connectivity index (χ4n) is 1.44. The van der Waals surface area contributed by atoms with E-state index in [9.17, 15) is 14.4 Å². The van der Waals surface area contributed by atoms with Gasteiger partial charge in [0.25, 0.3) is 0 Å². The monoisotopic (exact) mass is 278 g/mol. The molecule has 6 heteroatoms. The summed E-state index contributed by atoms with van der Waals surface area (Å²) in [5, 5.41) is 14.0. The van der Waals surface area contributed by atoms with Crippen molar-refractivity contribution >= 4 is 29.2 Å². The number of aliphatic carboxylic acids is 1. The molecule has 6 nitrogen and oxygen atoms in total. The first kappa shape index (κ1) is 15.7. The number of carbonyl (C=O) groups is 3. The second-order valence-electron chi connectivity index (χ2n) is 4.48. The van der Waals surface area contributed by atoms with Gasteiger partial charge in [0.05, 0.1) is 0 Å². The van der Waals surface area contributed by atoms with Gasteiger partial charge in [-0.3, -0.25) is 14.4 Å². The van der Waals surface area contributed by atoms with E-state index >= 15 is 0 Å². The summed E-state index contributed by atoms with van der Waals surface area (Å²) in [6.45, 7) is 4.84. The van der Waals surface area contributed by atoms with Gasteiger partial charge in [-0.1, -0.05) is 13.0 Å². The summed E-state index contributed by atoms with van der Waals surface area (Å²) in [7, 11) is 0. The highest BCUT2D eigenvalue weighted by atomic mass is 16.4. The van der Waals surface area contributed by atoms with Crippen molar-refractivity contribution in [2.24, 2.45) is 5.92 Å². The Labute approximate surface area is 117 Å². The average molecular weight is 278 g/mol. The zero-order valence-electron chi connectivity index (χ0n) is 11.7. The molecule has 0 radical (unpaired) electrons. The number of aryl methyl sites for hydroxylation is 1. The van der Waals surface area contributed by atoms with Crippen LogP contribution >= 0.6 is 0 Å². The van der Waals surface area contributed by atoms with Crippen LogP contribution in [0.25, 0.3) is 0 Å². The van der Waals surface area contributed by atoms with Crippen LogP contribution in [0.1, 0.15) is 25.8 Å². The zero-order valence-corrected chi connectivity index (χ0v) is 11.7. The van der Waals surface area contributed by atoms with Gasteiger partial charge in [0.2, 0.25) is 11.8 Å². The first-order valence-electron chi connectivity index (χ1n) is 6.29. The van der Waals surface area contributed by atoms with Gasteiger partial charge in [0.15, 0.2) is 0 Å². The number of hydrogen-bond acceptors (Lipinski definition) is 3. The third kappa shape index (κ3) is 4.08. The lowest BCUT2D eigenvalue weighted by molar-refractivity contribution is -0.144. The van der Waals surface area contributed by atoms with Crippen LogP contribution < -0.4 is 10.6 Å². The van der Waals surface area contributed by atoms with Crippen molar-refractivity contribution in [2.45, 2.75) is 27.2 Å². The Morgan fingerprint density at radius 1 is 1.25 bits per heavy atom. The number of benzene rings is 1. The van der Waals surface area contributed by atoms with Crippen molar-refractivity contribution in [3.63, 3.8) is 0 Å². The summed E-state index contributed by atoms with van der Waals surface area (Å²) in [5.74, 6) is -3.05. The maximum Gasteiger partial charge on any atom is 0.315 e. The van der Waals surface area contributed by atoms with Gasteiger partial charge in [-0.25, -0.2) is 0 Å². The van der Waals surface area contributed by atoms with Gasteiger partial charge in [0.1, 0.15) is 5.92 Å². The molecule has 0 saturated carbocycles. The van der Waals surface area contributed by atoms with Crippen molar-refractivity contribution in [1.82, 2.24) is 0 Å². The molecule has 0 aliphatic carbocycles. The fraction of sp³-hybridized carbons (Fsp3) is 0.357. The summed E-state index contributed by atoms with van der Waals surface area (Å²) < 4.78 is 0. The summed E-state index contributed by atoms with van der Waals surface area (Å²) in [6, 6.07) is 5.07. The molecule has 1 rings (SSSR count). The van der Waals surface area contributed by atoms with Crippen LogP contribution in [0, 0.1) is 12.8 Å². The number of rotatable bonds is 5. The van der Waals surface area contributed by atoms with Gasteiger partial charge in [-0.05, 0) is 31.5 Å². The Kier molecular flexibility index (Phi) is 5.25. The first-order chi connectivity index (χ1) is 9.35. The number of carbonyl (C=O) groups excluding carboxylic acids is 2. The molecule has 0 aromatic heterocycles. The summed E-state index contributed by atoms with van der Waals surface area (Å²) in [6.07, 6.45) is 0.353. The molecule has 0 heterocycles. The minimum Gasteiger partial charge on any atom is -0.481 e. The van der Waals surface area contributed by atoms with E-state index in [1.165, 1.54) is 6.92 Å². The van der Waals surface area contributed by atoms with Crippen molar-refractivity contribution in [3.05, 3.63) is 23.8 Å². The highest BCUT2D eigenvalue weighted by molar-refractivity contribution is 6.04. The Morgan fingerprint density at radius 2 is 1.90 bits per heavy atom. The third-order valence-electron chi connectivity index (χ3n) is 2.86. The SMILES string of the molecule is CCC(=O)Nc1ccc(C)c(NC(=O)C(C)C(=O)O)c1. The number of anilines is 2. The normalized spacial score (nSPS) is 11.6. The topological polar surface area (TPSA) is 95.5 Å². The molecule has 0 aliphatic heterocycles. The molecular formula is C14H18N2O4. The number of hydrogen-bond donors (Lipinski definition) is 3. The lowest BCUT2D eigenvalue weighted by Crippen LogP contribution is -2.27. The van der Waals surface area contributed by atoms with Crippen LogP contribution in [0.4, 0.5) is 11.4 Å². The number of carboxylic acid groups (broad SMARTS) is 1. The molecule has 1 aromatic rings. The molecule has 0 spiro atoms. The van der Waals surface area contributed by atoms with Gasteiger partial charge >= 0.3 is 5.97 Å². The minimum atomic E-state index is -1.18. The zero-order chi connectivity index (χ0) is 15.3. The Bertz CT molecular complexity index is 540. The highest BCUT2D eigenvalue weighted by Crippen LogP contribution is 2.21. The molecule has 108 valence electrons. The van der Waals surface area contributed by atoms with E-state index < -0.39 is 17.8 Å². The molecule has 0 bridgehead atoms. The second-order valence-corrected chi connectivity index (χ2v) is 4.48. The smallest absolute Gasteiger partial charge is 0.315 e. The quantitative estimate of drug-likeness (QED) is 0.718. The van der Waals surface area contributed by atoms with E-state index in [4.69, 9.17) is 5.11 Å². The maximum atomic E-state index is 11.7. The van der Waals surface area contributed by atoms with E-state index in [0.717, 1.165) is 5.56 Å². The van der Waals surface area contributed by atoms with Crippen LogP contribution in [0.5, 0.6) is 0 Å². The van der Waals surface area contributed by atoms with Crippen molar-refractivity contribution < 1.29 is 19.5 Å². The summed E-state index contributed by atoms with van der Waals surface area (Å²) in [4.78, 5) is 33.8. The van der Waals surface area contributed by atoms with E-state index in [0.29, 0.717) is 17.8 Å². The van der Waals surface area contributed by atoms with Crippen LogP contribution in [0.2, 0.25) is 0 Å². The van der Waals surface area contributed by atoms with Crippen LogP contribution in [-0.2, 0) is 14.4 Å². The molecule has 0 saturated heterocycles. The molecule has 1 unspecified atom stereocenters. The minimum absolute atomic E-state index is 0.134. The largest absolute Gasteiger partial charge is 0.481 e. The predicted octanol–water partition coefficient (Wildman–Crippen LogP) is 2.00. The highest BCUT2D eigenvalue weighted by Gasteiger charge is 2.21. The lowest BCUT2D eigenvalue weighted by Gasteiger charge is -2.13. The number of carboxylic acids is 1. The third-order valence-corrected chi connectivity index (χ3v) is 2.86. The predicted molar refractivity (Wildman–Crippen MR) is 75.5 cm³/mol. The average Bonchev–Trinajstić information content (AvgIpc) is 2.41. The van der Waals surface area contributed by atoms with E-state index in [2.05, 4.69) is 10.6 Å². The Morgan fingerprint density at radius 3 is 2.45 bits per heavy atom. The van der Waals surface area contributed by atoms with Crippen LogP contribution in [0.3, 0.4) is 0 Å². The van der Waals surface area contributed by atoms with Gasteiger partial charge in [0, 0.05) is 17.8 Å². The molecule has 1 aromatic carbocycles. The Hall–Kier alpha value is -2.37. The van der Waals surface area contributed by atoms with Crippen molar-refractivity contribution in [2.75, 3.05) is 10.6 Å². The Balaban J connectivity index is 2.89. The molecular weight excluding hydrogens is 260 g/mol. The number of nitrogens with one attached hydrogen (secondary N) is 2. The molecule has 3 N–H and O–H groups in total. The van der Waals surface area contributed by atoms with E-state index in [1.807, 2.05) is 0 Å². The van der Waals surface area contributed by atoms with Crippen LogP contribution in [-0.4, -0.2) is 22.9 Å². The molecule has 20 heavy (non-hydrogen) atoms. The van der Waals surface area contributed by atoms with E-state index in [1.54, 1.807) is 32.0 Å². The molecule has 1 atom stereocenters. The second kappa shape index (κ2) is 6.70. The summed E-state index contributed by atoms with van der Waals surface area (Å²) in [5.41, 5.74) is 1.82. The standard InChI is InChI=1S/C14H18N2O4/c1-4-12(17)15-10-6-5-8(2)11(7-10)16-13(18)9(3)14(19)20/h5-7,9H,4H2,1-3H3,(H,15,17)(H,16,18)(H,19,20).